The van der Waals surface area contributed by atoms with Gasteiger partial charge in [-0.3, -0.25) is 9.48 Å². The lowest BCUT2D eigenvalue weighted by Crippen LogP contribution is -2.23. The molecule has 130 valence electrons. The SMILES string of the molecule is Cc1ccsc1C(=O)NCc1nn(Cc2ccccc2)c2ccccc12. The fourth-order valence-electron chi connectivity index (χ4n) is 3.05. The molecule has 5 heteroatoms. The number of benzene rings is 2. The zero-order valence-electron chi connectivity index (χ0n) is 14.5. The molecule has 2 aromatic carbocycles. The van der Waals surface area contributed by atoms with Crippen LogP contribution in [-0.4, -0.2) is 15.7 Å². The van der Waals surface area contributed by atoms with Gasteiger partial charge in [0.25, 0.3) is 5.91 Å². The average Bonchev–Trinajstić information content (AvgIpc) is 3.25. The number of nitrogens with one attached hydrogen (secondary N) is 1. The van der Waals surface area contributed by atoms with Crippen molar-refractivity contribution in [2.45, 2.75) is 20.0 Å². The van der Waals surface area contributed by atoms with Crippen LogP contribution >= 0.6 is 11.3 Å². The molecule has 0 fully saturated rings. The molecular formula is C21H19N3OS. The number of aromatic nitrogens is 2. The molecule has 0 spiro atoms. The highest BCUT2D eigenvalue weighted by Crippen LogP contribution is 2.20. The standard InChI is InChI=1S/C21H19N3OS/c1-15-11-12-26-20(15)21(25)22-13-18-17-9-5-6-10-19(17)24(23-18)14-16-7-3-2-4-8-16/h2-12H,13-14H2,1H3,(H,22,25). The average molecular weight is 361 g/mol. The third kappa shape index (κ3) is 3.26. The Morgan fingerprint density at radius 2 is 1.85 bits per heavy atom. The Kier molecular flexibility index (Phi) is 4.54. The fourth-order valence-corrected chi connectivity index (χ4v) is 3.89. The summed E-state index contributed by atoms with van der Waals surface area (Å²) in [6, 6.07) is 20.4. The predicted octanol–water partition coefficient (Wildman–Crippen LogP) is 4.38. The van der Waals surface area contributed by atoms with E-state index in [2.05, 4.69) is 29.6 Å². The lowest BCUT2D eigenvalue weighted by Gasteiger charge is -2.04. The van der Waals surface area contributed by atoms with E-state index in [1.54, 1.807) is 0 Å². The Hall–Kier alpha value is -2.92. The maximum Gasteiger partial charge on any atom is 0.261 e. The smallest absolute Gasteiger partial charge is 0.261 e. The Balaban J connectivity index is 1.59. The molecule has 2 aromatic heterocycles. The van der Waals surface area contributed by atoms with E-state index in [1.807, 2.05) is 53.4 Å². The van der Waals surface area contributed by atoms with E-state index in [1.165, 1.54) is 16.9 Å². The van der Waals surface area contributed by atoms with Crippen molar-refractivity contribution in [2.75, 3.05) is 0 Å². The summed E-state index contributed by atoms with van der Waals surface area (Å²) < 4.78 is 2.00. The van der Waals surface area contributed by atoms with Crippen molar-refractivity contribution in [1.29, 1.82) is 0 Å². The second-order valence-electron chi connectivity index (χ2n) is 6.22. The number of para-hydroxylation sites is 1. The molecule has 1 N–H and O–H groups in total. The number of fused-ring (bicyclic) bond motifs is 1. The van der Waals surface area contributed by atoms with Gasteiger partial charge in [-0.05, 0) is 35.6 Å². The van der Waals surface area contributed by atoms with Crippen LogP contribution in [0.3, 0.4) is 0 Å². The highest BCUT2D eigenvalue weighted by Gasteiger charge is 2.14. The molecule has 0 unspecified atom stereocenters. The van der Waals surface area contributed by atoms with Crippen LogP contribution in [0, 0.1) is 6.92 Å². The van der Waals surface area contributed by atoms with Crippen molar-refractivity contribution in [3.8, 4) is 0 Å². The van der Waals surface area contributed by atoms with E-state index in [4.69, 9.17) is 5.10 Å². The first-order chi connectivity index (χ1) is 12.7. The van der Waals surface area contributed by atoms with Crippen molar-refractivity contribution >= 4 is 28.1 Å². The summed E-state index contributed by atoms with van der Waals surface area (Å²) in [6.07, 6.45) is 0. The van der Waals surface area contributed by atoms with Crippen molar-refractivity contribution in [2.24, 2.45) is 0 Å². The molecule has 26 heavy (non-hydrogen) atoms. The van der Waals surface area contributed by atoms with E-state index < -0.39 is 0 Å². The second-order valence-corrected chi connectivity index (χ2v) is 7.14. The first kappa shape index (κ1) is 16.5. The van der Waals surface area contributed by atoms with Gasteiger partial charge in [-0.1, -0.05) is 48.5 Å². The number of nitrogens with zero attached hydrogens (tertiary/aromatic N) is 2. The van der Waals surface area contributed by atoms with Gasteiger partial charge in [0.2, 0.25) is 0 Å². The Morgan fingerprint density at radius 3 is 2.62 bits per heavy atom. The highest BCUT2D eigenvalue weighted by molar-refractivity contribution is 7.12. The first-order valence-electron chi connectivity index (χ1n) is 8.53. The van der Waals surface area contributed by atoms with Crippen molar-refractivity contribution in [1.82, 2.24) is 15.1 Å². The predicted molar refractivity (Wildman–Crippen MR) is 106 cm³/mol. The maximum absolute atomic E-state index is 12.4. The van der Waals surface area contributed by atoms with E-state index in [9.17, 15) is 4.79 Å². The molecule has 4 aromatic rings. The number of rotatable bonds is 5. The van der Waals surface area contributed by atoms with Crippen LogP contribution in [0.25, 0.3) is 10.9 Å². The number of carbonyl (C=O) groups excluding carboxylic acids is 1. The monoisotopic (exact) mass is 361 g/mol. The molecule has 0 bridgehead atoms. The van der Waals surface area contributed by atoms with Gasteiger partial charge >= 0.3 is 0 Å². The molecule has 0 atom stereocenters. The van der Waals surface area contributed by atoms with Crippen LogP contribution < -0.4 is 5.32 Å². The Morgan fingerprint density at radius 1 is 1.08 bits per heavy atom. The minimum atomic E-state index is -0.0424. The largest absolute Gasteiger partial charge is 0.346 e. The minimum absolute atomic E-state index is 0.0424. The van der Waals surface area contributed by atoms with E-state index in [0.29, 0.717) is 13.1 Å². The molecule has 0 radical (unpaired) electrons. The molecular weight excluding hydrogens is 342 g/mol. The molecule has 4 nitrogen and oxygen atoms in total. The zero-order chi connectivity index (χ0) is 17.9. The Bertz CT molecular complexity index is 1050. The van der Waals surface area contributed by atoms with Crippen molar-refractivity contribution in [3.63, 3.8) is 0 Å². The van der Waals surface area contributed by atoms with Crippen LogP contribution in [-0.2, 0) is 13.1 Å². The zero-order valence-corrected chi connectivity index (χ0v) is 15.3. The second kappa shape index (κ2) is 7.14. The van der Waals surface area contributed by atoms with Crippen LogP contribution in [0.15, 0.2) is 66.0 Å². The van der Waals surface area contributed by atoms with Gasteiger partial charge in [-0.2, -0.15) is 5.10 Å². The van der Waals surface area contributed by atoms with Gasteiger partial charge in [0.1, 0.15) is 0 Å². The van der Waals surface area contributed by atoms with Crippen LogP contribution in [0.4, 0.5) is 0 Å². The number of aryl methyl sites for hydroxylation is 1. The summed E-state index contributed by atoms with van der Waals surface area (Å²) in [5.74, 6) is -0.0424. The minimum Gasteiger partial charge on any atom is -0.346 e. The van der Waals surface area contributed by atoms with Crippen molar-refractivity contribution < 1.29 is 4.79 Å². The van der Waals surface area contributed by atoms with Gasteiger partial charge in [-0.15, -0.1) is 11.3 Å². The number of thiophene rings is 1. The van der Waals surface area contributed by atoms with Gasteiger partial charge in [0.15, 0.2) is 0 Å². The maximum atomic E-state index is 12.4. The quantitative estimate of drug-likeness (QED) is 0.573. The van der Waals surface area contributed by atoms with Crippen molar-refractivity contribution in [3.05, 3.63) is 87.7 Å². The summed E-state index contributed by atoms with van der Waals surface area (Å²) in [4.78, 5) is 13.2. The van der Waals surface area contributed by atoms with Gasteiger partial charge in [0, 0.05) is 5.39 Å². The van der Waals surface area contributed by atoms with Crippen LogP contribution in [0.2, 0.25) is 0 Å². The molecule has 0 saturated carbocycles. The summed E-state index contributed by atoms with van der Waals surface area (Å²) >= 11 is 1.47. The highest BCUT2D eigenvalue weighted by atomic mass is 32.1. The number of carbonyl (C=O) groups is 1. The normalized spacial score (nSPS) is 11.0. The summed E-state index contributed by atoms with van der Waals surface area (Å²) in [7, 11) is 0. The van der Waals surface area contributed by atoms with Gasteiger partial charge in [0.05, 0.1) is 29.2 Å². The van der Waals surface area contributed by atoms with Gasteiger partial charge < -0.3 is 5.32 Å². The molecule has 1 amide bonds. The van der Waals surface area contributed by atoms with Crippen LogP contribution in [0.5, 0.6) is 0 Å². The topological polar surface area (TPSA) is 46.9 Å². The molecule has 0 aliphatic rings. The Labute approximate surface area is 156 Å². The van der Waals surface area contributed by atoms with E-state index in [0.717, 1.165) is 27.0 Å². The third-order valence-corrected chi connectivity index (χ3v) is 5.41. The summed E-state index contributed by atoms with van der Waals surface area (Å²) in [5.41, 5.74) is 4.17. The summed E-state index contributed by atoms with van der Waals surface area (Å²) in [5, 5.41) is 10.8. The number of hydrogen-bond donors (Lipinski definition) is 1. The molecule has 0 saturated heterocycles. The van der Waals surface area contributed by atoms with Gasteiger partial charge in [-0.25, -0.2) is 0 Å². The number of hydrogen-bond acceptors (Lipinski definition) is 3. The third-order valence-electron chi connectivity index (χ3n) is 4.39. The summed E-state index contributed by atoms with van der Waals surface area (Å²) in [6.45, 7) is 3.08. The lowest BCUT2D eigenvalue weighted by atomic mass is 10.2. The first-order valence-corrected chi connectivity index (χ1v) is 9.41. The van der Waals surface area contributed by atoms with E-state index >= 15 is 0 Å². The molecule has 0 aliphatic carbocycles. The molecule has 4 rings (SSSR count). The van der Waals surface area contributed by atoms with Crippen LogP contribution in [0.1, 0.15) is 26.5 Å². The lowest BCUT2D eigenvalue weighted by molar-refractivity contribution is 0.0954. The molecule has 2 heterocycles. The number of amides is 1. The molecule has 0 aliphatic heterocycles. The van der Waals surface area contributed by atoms with E-state index in [-0.39, 0.29) is 5.91 Å². The fraction of sp³-hybridized carbons (Fsp3) is 0.143.